The maximum absolute atomic E-state index is 13.7. The van der Waals surface area contributed by atoms with E-state index in [0.717, 1.165) is 12.1 Å². The molecule has 2 aromatic rings. The van der Waals surface area contributed by atoms with E-state index in [1.807, 2.05) is 0 Å². The second kappa shape index (κ2) is 7.43. The molecule has 0 saturated carbocycles. The molecule has 0 bridgehead atoms. The van der Waals surface area contributed by atoms with Gasteiger partial charge in [-0.1, -0.05) is 0 Å². The Morgan fingerprint density at radius 3 is 2.48 bits per heavy atom. The number of phenolic OH excluding ortho intramolecular Hbond substituents is 1. The van der Waals surface area contributed by atoms with Crippen molar-refractivity contribution in [2.45, 2.75) is 6.54 Å². The van der Waals surface area contributed by atoms with Crippen LogP contribution >= 0.6 is 0 Å². The Morgan fingerprint density at radius 1 is 1.19 bits per heavy atom. The fraction of sp³-hybridized carbons (Fsp3) is 0.133. The normalized spacial score (nSPS) is 10.0. The molecular formula is C15H13F2NO2Pt. The molecule has 3 nitrogen and oxygen atoms in total. The molecule has 0 heterocycles. The van der Waals surface area contributed by atoms with Crippen molar-refractivity contribution in [3.63, 3.8) is 0 Å². The quantitative estimate of drug-likeness (QED) is 0.674. The van der Waals surface area contributed by atoms with Crippen LogP contribution in [0, 0.1) is 11.6 Å². The Labute approximate surface area is 135 Å². The first-order valence-electron chi connectivity index (χ1n) is 5.98. The molecule has 0 radical (unpaired) electrons. The van der Waals surface area contributed by atoms with E-state index in [-0.39, 0.29) is 37.9 Å². The molecule has 21 heavy (non-hydrogen) atoms. The summed E-state index contributed by atoms with van der Waals surface area (Å²) >= 11 is 0. The topological polar surface area (TPSA) is 49.3 Å². The monoisotopic (exact) mass is 472 g/mol. The number of benzene rings is 2. The molecule has 0 amide bonds. The molecule has 2 N–H and O–H groups in total. The number of hydrogen-bond acceptors (Lipinski definition) is 3. The molecule has 0 aliphatic rings. The van der Waals surface area contributed by atoms with Crippen molar-refractivity contribution in [1.82, 2.24) is 5.32 Å². The van der Waals surface area contributed by atoms with Gasteiger partial charge in [0.25, 0.3) is 0 Å². The zero-order chi connectivity index (χ0) is 14.7. The molecule has 114 valence electrons. The van der Waals surface area contributed by atoms with Gasteiger partial charge in [0.15, 0.2) is 0 Å². The summed E-state index contributed by atoms with van der Waals surface area (Å²) in [5, 5.41) is 12.9. The summed E-state index contributed by atoms with van der Waals surface area (Å²) in [5.74, 6) is -1.65. The van der Waals surface area contributed by atoms with Crippen LogP contribution in [-0.4, -0.2) is 18.4 Å². The van der Waals surface area contributed by atoms with Gasteiger partial charge >= 0.3 is 0 Å². The summed E-state index contributed by atoms with van der Waals surface area (Å²) in [6.07, 6.45) is 0.636. The van der Waals surface area contributed by atoms with Crippen LogP contribution in [0.3, 0.4) is 0 Å². The minimum atomic E-state index is -0.793. The van der Waals surface area contributed by atoms with E-state index in [2.05, 4.69) is 5.32 Å². The van der Waals surface area contributed by atoms with Crippen molar-refractivity contribution >= 4 is 6.29 Å². The number of hydrogen-bond donors (Lipinski definition) is 2. The van der Waals surface area contributed by atoms with Gasteiger partial charge in [-0.15, -0.1) is 0 Å². The number of halogens is 2. The number of aromatic hydroxyl groups is 1. The van der Waals surface area contributed by atoms with Crippen LogP contribution in [0.2, 0.25) is 0 Å². The SMILES string of the molecule is CNCc1cc(O)c(-c2ccc(F)cc2F)cc1C=O.[Pt]. The molecule has 2 rings (SSSR count). The number of phenols is 1. The molecule has 0 unspecified atom stereocenters. The third kappa shape index (κ3) is 3.74. The van der Waals surface area contributed by atoms with Crippen LogP contribution in [0.1, 0.15) is 15.9 Å². The van der Waals surface area contributed by atoms with E-state index in [0.29, 0.717) is 24.0 Å². The minimum Gasteiger partial charge on any atom is -0.507 e. The Bertz CT molecular complexity index is 662. The largest absolute Gasteiger partial charge is 0.507 e. The van der Waals surface area contributed by atoms with Crippen LogP contribution in [0.4, 0.5) is 8.78 Å². The molecule has 0 aliphatic heterocycles. The fourth-order valence-corrected chi connectivity index (χ4v) is 2.03. The molecule has 2 aromatic carbocycles. The Balaban J connectivity index is 0.00000220. The molecule has 0 spiro atoms. The van der Waals surface area contributed by atoms with Crippen molar-refractivity contribution in [3.05, 3.63) is 53.1 Å². The third-order valence-corrected chi connectivity index (χ3v) is 2.97. The number of carbonyl (C=O) groups is 1. The van der Waals surface area contributed by atoms with Gasteiger partial charge in [0, 0.05) is 50.4 Å². The second-order valence-electron chi connectivity index (χ2n) is 4.34. The van der Waals surface area contributed by atoms with Crippen LogP contribution in [0.5, 0.6) is 5.75 Å². The van der Waals surface area contributed by atoms with Crippen LogP contribution in [0.25, 0.3) is 11.1 Å². The van der Waals surface area contributed by atoms with Crippen molar-refractivity contribution in [2.24, 2.45) is 0 Å². The summed E-state index contributed by atoms with van der Waals surface area (Å²) in [5.41, 5.74) is 1.15. The van der Waals surface area contributed by atoms with E-state index in [9.17, 15) is 18.7 Å². The standard InChI is InChI=1S/C15H13F2NO2.Pt/c1-18-7-9-5-15(20)13(4-10(9)8-19)12-3-2-11(16)6-14(12)17;/h2-6,8,18,20H,7H2,1H3;. The molecule has 0 fully saturated rings. The molecule has 0 saturated heterocycles. The first kappa shape index (κ1) is 17.5. The average Bonchev–Trinajstić information content (AvgIpc) is 2.40. The second-order valence-corrected chi connectivity index (χ2v) is 4.34. The van der Waals surface area contributed by atoms with Crippen LogP contribution in [-0.2, 0) is 27.6 Å². The minimum absolute atomic E-state index is 0. The van der Waals surface area contributed by atoms with E-state index >= 15 is 0 Å². The Kier molecular flexibility index (Phi) is 6.18. The molecular weight excluding hydrogens is 459 g/mol. The van der Waals surface area contributed by atoms with Crippen molar-refractivity contribution in [2.75, 3.05) is 7.05 Å². The van der Waals surface area contributed by atoms with Gasteiger partial charge in [-0.2, -0.15) is 0 Å². The maximum atomic E-state index is 13.7. The van der Waals surface area contributed by atoms with Crippen LogP contribution in [0.15, 0.2) is 30.3 Å². The van der Waals surface area contributed by atoms with Gasteiger partial charge in [0.05, 0.1) is 0 Å². The van der Waals surface area contributed by atoms with Gasteiger partial charge in [0.1, 0.15) is 23.7 Å². The van der Waals surface area contributed by atoms with Crippen molar-refractivity contribution in [1.29, 1.82) is 0 Å². The third-order valence-electron chi connectivity index (χ3n) is 2.97. The summed E-state index contributed by atoms with van der Waals surface area (Å²) in [6, 6.07) is 5.85. The molecule has 6 heteroatoms. The number of rotatable bonds is 4. The zero-order valence-electron chi connectivity index (χ0n) is 11.1. The van der Waals surface area contributed by atoms with E-state index in [1.165, 1.54) is 18.2 Å². The van der Waals surface area contributed by atoms with Gasteiger partial charge in [0.2, 0.25) is 0 Å². The van der Waals surface area contributed by atoms with Gasteiger partial charge < -0.3 is 10.4 Å². The van der Waals surface area contributed by atoms with E-state index < -0.39 is 11.6 Å². The van der Waals surface area contributed by atoms with Crippen LogP contribution < -0.4 is 5.32 Å². The molecule has 0 atom stereocenters. The molecule has 0 aliphatic carbocycles. The van der Waals surface area contributed by atoms with Gasteiger partial charge in [-0.3, -0.25) is 4.79 Å². The smallest absolute Gasteiger partial charge is 0.150 e. The van der Waals surface area contributed by atoms with E-state index in [4.69, 9.17) is 0 Å². The maximum Gasteiger partial charge on any atom is 0.150 e. The average molecular weight is 472 g/mol. The summed E-state index contributed by atoms with van der Waals surface area (Å²) in [6.45, 7) is 0.397. The fourth-order valence-electron chi connectivity index (χ4n) is 2.03. The predicted octanol–water partition coefficient (Wildman–Crippen LogP) is 2.87. The summed E-state index contributed by atoms with van der Waals surface area (Å²) < 4.78 is 26.7. The number of aldehydes is 1. The Hall–Kier alpha value is -1.58. The predicted molar refractivity (Wildman–Crippen MR) is 71.6 cm³/mol. The van der Waals surface area contributed by atoms with Gasteiger partial charge in [-0.25, -0.2) is 8.78 Å². The number of nitrogens with one attached hydrogen (secondary N) is 1. The Morgan fingerprint density at radius 2 is 1.90 bits per heavy atom. The first-order valence-corrected chi connectivity index (χ1v) is 5.98. The number of carbonyl (C=O) groups excluding carboxylic acids is 1. The zero-order valence-corrected chi connectivity index (χ0v) is 13.4. The van der Waals surface area contributed by atoms with Crippen molar-refractivity contribution < 1.29 is 39.7 Å². The van der Waals surface area contributed by atoms with E-state index in [1.54, 1.807) is 7.05 Å². The summed E-state index contributed by atoms with van der Waals surface area (Å²) in [4.78, 5) is 11.1. The molecule has 0 aromatic heterocycles. The summed E-state index contributed by atoms with van der Waals surface area (Å²) in [7, 11) is 1.71. The van der Waals surface area contributed by atoms with Gasteiger partial charge in [-0.05, 0) is 36.9 Å². The first-order chi connectivity index (χ1) is 9.56. The van der Waals surface area contributed by atoms with Crippen molar-refractivity contribution in [3.8, 4) is 16.9 Å².